The van der Waals surface area contributed by atoms with Crippen molar-refractivity contribution in [1.82, 2.24) is 26.2 Å². The van der Waals surface area contributed by atoms with Gasteiger partial charge in [-0.05, 0) is 53.8 Å². The van der Waals surface area contributed by atoms with Crippen LogP contribution < -0.4 is 26.0 Å². The summed E-state index contributed by atoms with van der Waals surface area (Å²) < 4.78 is 6.01. The maximum absolute atomic E-state index is 13.9. The summed E-state index contributed by atoms with van der Waals surface area (Å²) in [6.07, 6.45) is 0.646. The quantitative estimate of drug-likeness (QED) is 0.321. The number of fused-ring (bicyclic) bond motifs is 11. The molecule has 3 aromatic carbocycles. The Hall–Kier alpha value is -5.19. The summed E-state index contributed by atoms with van der Waals surface area (Å²) in [6, 6.07) is 20.1. The zero-order valence-electron chi connectivity index (χ0n) is 26.0. The number of hydrogen-bond acceptors (Lipinski definition) is 6. The minimum atomic E-state index is -1.00. The predicted molar refractivity (Wildman–Crippen MR) is 171 cm³/mol. The van der Waals surface area contributed by atoms with E-state index in [1.54, 1.807) is 48.5 Å². The minimum Gasteiger partial charge on any atom is -0.457 e. The standard InChI is InChI=1S/C35H39N5O6/c1-22(2)17-28-33(43)39-30(35(45)40-16-15-36-31(41)21-40)19-24-11-13-26(14-12-24)46-27-10-6-9-25(20-27)32(42)37-29(34(44)38-28)18-23-7-4-3-5-8-23/h3-14,20,22,28-30H,15-19,21H2,1-2H3,(H,36,41)(H,37,42)(H,38,44)(H,39,43)/t28-,29+,30-/m0/s1. The van der Waals surface area contributed by atoms with Gasteiger partial charge >= 0.3 is 0 Å². The fraction of sp³-hybridized carbons (Fsp3) is 0.343. The zero-order chi connectivity index (χ0) is 32.6. The third-order valence-corrected chi connectivity index (χ3v) is 7.90. The van der Waals surface area contributed by atoms with Crippen molar-refractivity contribution >= 4 is 29.5 Å². The molecule has 5 amide bonds. The summed E-state index contributed by atoms with van der Waals surface area (Å²) >= 11 is 0. The van der Waals surface area contributed by atoms with Gasteiger partial charge in [0.2, 0.25) is 23.6 Å². The van der Waals surface area contributed by atoms with E-state index >= 15 is 0 Å². The van der Waals surface area contributed by atoms with Crippen LogP contribution in [0.15, 0.2) is 78.9 Å². The Labute approximate surface area is 268 Å². The molecule has 6 rings (SSSR count). The predicted octanol–water partition coefficient (Wildman–Crippen LogP) is 2.35. The van der Waals surface area contributed by atoms with Crippen molar-refractivity contribution in [2.45, 2.75) is 51.2 Å². The monoisotopic (exact) mass is 625 g/mol. The van der Waals surface area contributed by atoms with Crippen molar-refractivity contribution in [2.75, 3.05) is 19.6 Å². The van der Waals surface area contributed by atoms with Crippen LogP contribution in [-0.2, 0) is 32.0 Å². The molecular formula is C35H39N5O6. The first kappa shape index (κ1) is 32.2. The molecule has 4 bridgehead atoms. The fourth-order valence-corrected chi connectivity index (χ4v) is 5.56. The summed E-state index contributed by atoms with van der Waals surface area (Å²) in [4.78, 5) is 68.4. The van der Waals surface area contributed by atoms with E-state index in [1.165, 1.54) is 4.90 Å². The second kappa shape index (κ2) is 14.7. The SMILES string of the molecule is CC(C)C[C@@H]1NC(=O)[C@@H](Cc2ccccc2)NC(=O)c2cccc(c2)Oc2ccc(cc2)C[C@@H](C(=O)N2CCNC(=O)C2)NC1=O. The number of piperazine rings is 1. The number of amides is 5. The molecule has 0 spiro atoms. The lowest BCUT2D eigenvalue weighted by Gasteiger charge is -2.32. The van der Waals surface area contributed by atoms with Gasteiger partial charge in [0.15, 0.2) is 0 Å². The molecule has 4 N–H and O–H groups in total. The summed E-state index contributed by atoms with van der Waals surface area (Å²) in [5.74, 6) is -1.22. The average Bonchev–Trinajstić information content (AvgIpc) is 3.04. The largest absolute Gasteiger partial charge is 0.457 e. The van der Waals surface area contributed by atoms with Crippen molar-refractivity contribution in [3.05, 3.63) is 95.6 Å². The van der Waals surface area contributed by atoms with Crippen LogP contribution in [0, 0.1) is 5.92 Å². The van der Waals surface area contributed by atoms with Crippen LogP contribution in [-0.4, -0.2) is 72.2 Å². The highest BCUT2D eigenvalue weighted by Crippen LogP contribution is 2.24. The third-order valence-electron chi connectivity index (χ3n) is 7.90. The zero-order valence-corrected chi connectivity index (χ0v) is 26.0. The van der Waals surface area contributed by atoms with Crippen molar-refractivity contribution < 1.29 is 28.7 Å². The second-order valence-electron chi connectivity index (χ2n) is 12.1. The molecule has 0 unspecified atom stereocenters. The first-order valence-electron chi connectivity index (χ1n) is 15.5. The van der Waals surface area contributed by atoms with Gasteiger partial charge in [-0.25, -0.2) is 0 Å². The van der Waals surface area contributed by atoms with Crippen molar-refractivity contribution in [1.29, 1.82) is 0 Å². The minimum absolute atomic E-state index is 0.0197. The number of nitrogens with zero attached hydrogens (tertiary/aromatic N) is 1. The Morgan fingerprint density at radius 3 is 2.30 bits per heavy atom. The number of benzene rings is 3. The van der Waals surface area contributed by atoms with E-state index in [0.717, 1.165) is 11.1 Å². The molecule has 0 radical (unpaired) electrons. The third kappa shape index (κ3) is 8.50. The maximum atomic E-state index is 13.9. The molecule has 11 heteroatoms. The van der Waals surface area contributed by atoms with Gasteiger partial charge in [0.1, 0.15) is 29.6 Å². The number of rotatable bonds is 5. The molecule has 11 nitrogen and oxygen atoms in total. The molecule has 3 aliphatic heterocycles. The second-order valence-corrected chi connectivity index (χ2v) is 12.1. The van der Waals surface area contributed by atoms with E-state index in [9.17, 15) is 24.0 Å². The van der Waals surface area contributed by atoms with Crippen molar-refractivity contribution in [3.8, 4) is 11.5 Å². The molecule has 0 aliphatic carbocycles. The van der Waals surface area contributed by atoms with Gasteiger partial charge in [-0.2, -0.15) is 0 Å². The van der Waals surface area contributed by atoms with Crippen LogP contribution in [0.2, 0.25) is 0 Å². The van der Waals surface area contributed by atoms with Crippen molar-refractivity contribution in [2.24, 2.45) is 5.92 Å². The van der Waals surface area contributed by atoms with E-state index in [-0.39, 0.29) is 31.2 Å². The van der Waals surface area contributed by atoms with E-state index in [0.29, 0.717) is 36.6 Å². The highest BCUT2D eigenvalue weighted by molar-refractivity contribution is 5.99. The summed E-state index contributed by atoms with van der Waals surface area (Å²) in [5, 5.41) is 11.3. The summed E-state index contributed by atoms with van der Waals surface area (Å²) in [7, 11) is 0. The Morgan fingerprint density at radius 2 is 1.59 bits per heavy atom. The van der Waals surface area contributed by atoms with Gasteiger partial charge in [0.05, 0.1) is 6.54 Å². The molecule has 3 aromatic rings. The van der Waals surface area contributed by atoms with Gasteiger partial charge in [0, 0.05) is 31.5 Å². The Morgan fingerprint density at radius 1 is 0.848 bits per heavy atom. The number of ether oxygens (including phenoxy) is 1. The van der Waals surface area contributed by atoms with Gasteiger partial charge in [0.25, 0.3) is 5.91 Å². The van der Waals surface area contributed by atoms with Crippen LogP contribution in [0.5, 0.6) is 11.5 Å². The van der Waals surface area contributed by atoms with Crippen LogP contribution in [0.3, 0.4) is 0 Å². The average molecular weight is 626 g/mol. The van der Waals surface area contributed by atoms with Crippen molar-refractivity contribution in [3.63, 3.8) is 0 Å². The number of carbonyl (C=O) groups is 5. The molecule has 0 aromatic heterocycles. The van der Waals surface area contributed by atoms with E-state index in [2.05, 4.69) is 21.3 Å². The lowest BCUT2D eigenvalue weighted by molar-refractivity contribution is -0.141. The summed E-state index contributed by atoms with van der Waals surface area (Å²) in [5.41, 5.74) is 1.89. The van der Waals surface area contributed by atoms with Crippen LogP contribution in [0.1, 0.15) is 41.8 Å². The lowest BCUT2D eigenvalue weighted by atomic mass is 9.99. The molecule has 3 heterocycles. The number of carbonyl (C=O) groups excluding carboxylic acids is 5. The highest BCUT2D eigenvalue weighted by atomic mass is 16.5. The molecule has 0 saturated carbocycles. The molecular weight excluding hydrogens is 586 g/mol. The molecule has 1 fully saturated rings. The Kier molecular flexibility index (Phi) is 10.3. The molecule has 1 saturated heterocycles. The Balaban J connectivity index is 1.51. The van der Waals surface area contributed by atoms with Crippen LogP contribution in [0.4, 0.5) is 0 Å². The lowest BCUT2D eigenvalue weighted by Crippen LogP contribution is -2.60. The van der Waals surface area contributed by atoms with Gasteiger partial charge in [-0.15, -0.1) is 0 Å². The molecule has 3 aliphatic rings. The number of hydrogen-bond donors (Lipinski definition) is 4. The molecule has 46 heavy (non-hydrogen) atoms. The van der Waals surface area contributed by atoms with Crippen LogP contribution in [0.25, 0.3) is 0 Å². The number of nitrogens with one attached hydrogen (secondary N) is 4. The topological polar surface area (TPSA) is 146 Å². The molecule has 240 valence electrons. The van der Waals surface area contributed by atoms with Gasteiger partial charge < -0.3 is 30.9 Å². The van der Waals surface area contributed by atoms with Gasteiger partial charge in [-0.1, -0.05) is 62.4 Å². The molecule has 3 atom stereocenters. The van der Waals surface area contributed by atoms with Gasteiger partial charge in [-0.3, -0.25) is 24.0 Å². The van der Waals surface area contributed by atoms with Crippen LogP contribution >= 0.6 is 0 Å². The smallest absolute Gasteiger partial charge is 0.252 e. The summed E-state index contributed by atoms with van der Waals surface area (Å²) in [6.45, 7) is 4.39. The fourth-order valence-electron chi connectivity index (χ4n) is 5.56. The normalized spacial score (nSPS) is 20.8. The first-order chi connectivity index (χ1) is 22.1. The maximum Gasteiger partial charge on any atom is 0.252 e. The van der Waals surface area contributed by atoms with E-state index in [4.69, 9.17) is 4.74 Å². The first-order valence-corrected chi connectivity index (χ1v) is 15.5. The highest BCUT2D eigenvalue weighted by Gasteiger charge is 2.33. The Bertz CT molecular complexity index is 1580. The van der Waals surface area contributed by atoms with E-state index in [1.807, 2.05) is 44.2 Å². The van der Waals surface area contributed by atoms with E-state index < -0.39 is 41.8 Å².